The van der Waals surface area contributed by atoms with Crippen molar-refractivity contribution in [3.8, 4) is 0 Å². The summed E-state index contributed by atoms with van der Waals surface area (Å²) in [5.41, 5.74) is 0.548. The van der Waals surface area contributed by atoms with Crippen molar-refractivity contribution in [2.24, 2.45) is 0 Å². The summed E-state index contributed by atoms with van der Waals surface area (Å²) < 4.78 is 43.0. The Hall–Kier alpha value is -3.27. The fourth-order valence-electron chi connectivity index (χ4n) is 3.88. The Bertz CT molecular complexity index is 1200. The Morgan fingerprint density at radius 3 is 2.56 bits per heavy atom. The van der Waals surface area contributed by atoms with Crippen LogP contribution in [-0.4, -0.2) is 47.1 Å². The third-order valence-electron chi connectivity index (χ3n) is 5.62. The molecule has 4 rings (SSSR count). The Balaban J connectivity index is 1.45. The van der Waals surface area contributed by atoms with Crippen LogP contribution in [0.3, 0.4) is 0 Å². The lowest BCUT2D eigenvalue weighted by molar-refractivity contribution is 0.0710. The van der Waals surface area contributed by atoms with Gasteiger partial charge in [0.15, 0.2) is 0 Å². The number of amides is 1. The van der Waals surface area contributed by atoms with E-state index in [1.54, 1.807) is 23.4 Å². The van der Waals surface area contributed by atoms with Gasteiger partial charge in [-0.25, -0.2) is 12.8 Å². The molecular weight excluding hydrogens is 433 g/mol. The molecule has 1 amide bonds. The summed E-state index contributed by atoms with van der Waals surface area (Å²) in [7, 11) is -3.92. The summed E-state index contributed by atoms with van der Waals surface area (Å²) >= 11 is 0. The molecule has 32 heavy (non-hydrogen) atoms. The lowest BCUT2D eigenvalue weighted by atomic mass is 9.95. The third kappa shape index (κ3) is 4.64. The average molecular weight is 458 g/mol. The second kappa shape index (κ2) is 9.07. The van der Waals surface area contributed by atoms with Gasteiger partial charge in [-0.3, -0.25) is 9.52 Å². The molecule has 1 fully saturated rings. The minimum absolute atomic E-state index is 0.0291. The molecule has 10 heteroatoms. The van der Waals surface area contributed by atoms with Crippen LogP contribution in [-0.2, 0) is 16.6 Å². The molecule has 2 heterocycles. The molecule has 1 aromatic heterocycles. The van der Waals surface area contributed by atoms with E-state index in [9.17, 15) is 17.6 Å². The number of hydrogen-bond acceptors (Lipinski definition) is 5. The molecule has 8 nitrogen and oxygen atoms in total. The van der Waals surface area contributed by atoms with Gasteiger partial charge in [-0.1, -0.05) is 6.07 Å². The highest BCUT2D eigenvalue weighted by Gasteiger charge is 2.28. The summed E-state index contributed by atoms with van der Waals surface area (Å²) in [6, 6.07) is 11.0. The van der Waals surface area contributed by atoms with Crippen LogP contribution in [0.1, 0.15) is 41.9 Å². The number of carbonyl (C=O) groups excluding carboxylic acids is 1. The van der Waals surface area contributed by atoms with Crippen molar-refractivity contribution in [1.29, 1.82) is 0 Å². The van der Waals surface area contributed by atoms with Crippen LogP contribution in [0.25, 0.3) is 0 Å². The van der Waals surface area contributed by atoms with Crippen LogP contribution in [0.2, 0.25) is 0 Å². The van der Waals surface area contributed by atoms with Gasteiger partial charge >= 0.3 is 0 Å². The van der Waals surface area contributed by atoms with Crippen LogP contribution in [0.15, 0.2) is 59.8 Å². The largest absolute Gasteiger partial charge is 0.339 e. The molecule has 2 aromatic carbocycles. The molecule has 0 spiro atoms. The fraction of sp³-hybridized carbons (Fsp3) is 0.318. The quantitative estimate of drug-likeness (QED) is 0.613. The standard InChI is InChI=1S/C22H24FN5O3S/c1-2-27-15-24-25-21(27)16-10-12-28(13-11-16)22(29)17-4-3-5-20(14-17)32(30,31)26-19-8-6-18(23)7-9-19/h3-9,14-16,26H,2,10-13H2,1H3. The minimum Gasteiger partial charge on any atom is -0.339 e. The number of aryl methyl sites for hydroxylation is 1. The summed E-state index contributed by atoms with van der Waals surface area (Å²) in [5.74, 6) is 0.520. The first-order chi connectivity index (χ1) is 15.4. The van der Waals surface area contributed by atoms with E-state index in [-0.39, 0.29) is 22.4 Å². The van der Waals surface area contributed by atoms with E-state index in [0.29, 0.717) is 18.7 Å². The normalized spacial score (nSPS) is 15.0. The van der Waals surface area contributed by atoms with Gasteiger partial charge in [0.05, 0.1) is 4.90 Å². The highest BCUT2D eigenvalue weighted by Crippen LogP contribution is 2.27. The van der Waals surface area contributed by atoms with E-state index in [1.807, 2.05) is 11.5 Å². The van der Waals surface area contributed by atoms with E-state index >= 15 is 0 Å². The number of rotatable bonds is 6. The first-order valence-electron chi connectivity index (χ1n) is 10.4. The van der Waals surface area contributed by atoms with E-state index in [0.717, 1.165) is 25.2 Å². The maximum atomic E-state index is 13.1. The van der Waals surface area contributed by atoms with Crippen molar-refractivity contribution in [2.75, 3.05) is 17.8 Å². The molecule has 1 N–H and O–H groups in total. The number of anilines is 1. The summed E-state index contributed by atoms with van der Waals surface area (Å²) in [5, 5.41) is 8.22. The number of benzene rings is 2. The lowest BCUT2D eigenvalue weighted by Gasteiger charge is -2.31. The molecule has 1 saturated heterocycles. The summed E-state index contributed by atoms with van der Waals surface area (Å²) in [6.45, 7) is 3.96. The van der Waals surface area contributed by atoms with Crippen molar-refractivity contribution < 1.29 is 17.6 Å². The second-order valence-corrected chi connectivity index (χ2v) is 9.36. The van der Waals surface area contributed by atoms with E-state index < -0.39 is 15.8 Å². The number of nitrogens with one attached hydrogen (secondary N) is 1. The van der Waals surface area contributed by atoms with Crippen molar-refractivity contribution in [3.63, 3.8) is 0 Å². The Morgan fingerprint density at radius 2 is 1.88 bits per heavy atom. The number of carbonyl (C=O) groups is 1. The van der Waals surface area contributed by atoms with Gasteiger partial charge in [0.2, 0.25) is 0 Å². The Labute approximate surface area is 186 Å². The predicted molar refractivity (Wildman–Crippen MR) is 117 cm³/mol. The number of nitrogens with zero attached hydrogens (tertiary/aromatic N) is 4. The van der Waals surface area contributed by atoms with Crippen molar-refractivity contribution in [3.05, 3.63) is 72.1 Å². The van der Waals surface area contributed by atoms with Crippen LogP contribution in [0.4, 0.5) is 10.1 Å². The molecule has 0 radical (unpaired) electrons. The van der Waals surface area contributed by atoms with E-state index in [4.69, 9.17) is 0 Å². The zero-order valence-corrected chi connectivity index (χ0v) is 18.4. The second-order valence-electron chi connectivity index (χ2n) is 7.68. The first-order valence-corrected chi connectivity index (χ1v) is 11.9. The number of halogens is 1. The Morgan fingerprint density at radius 1 is 1.16 bits per heavy atom. The SMILES string of the molecule is CCn1cnnc1C1CCN(C(=O)c2cccc(S(=O)(=O)Nc3ccc(F)cc3)c2)CC1. The molecule has 3 aromatic rings. The van der Waals surface area contributed by atoms with Crippen LogP contribution < -0.4 is 4.72 Å². The highest BCUT2D eigenvalue weighted by molar-refractivity contribution is 7.92. The predicted octanol–water partition coefficient (Wildman–Crippen LogP) is 3.26. The number of likely N-dealkylation sites (tertiary alicyclic amines) is 1. The van der Waals surface area contributed by atoms with Gasteiger partial charge in [-0.05, 0) is 62.2 Å². The van der Waals surface area contributed by atoms with Crippen molar-refractivity contribution in [1.82, 2.24) is 19.7 Å². The highest BCUT2D eigenvalue weighted by atomic mass is 32.2. The number of piperidine rings is 1. The van der Waals surface area contributed by atoms with Gasteiger partial charge in [0, 0.05) is 36.8 Å². The van der Waals surface area contributed by atoms with Crippen LogP contribution in [0.5, 0.6) is 0 Å². The third-order valence-corrected chi connectivity index (χ3v) is 7.00. The van der Waals surface area contributed by atoms with Crippen LogP contribution in [0, 0.1) is 5.82 Å². The monoisotopic (exact) mass is 457 g/mol. The minimum atomic E-state index is -3.92. The van der Waals surface area contributed by atoms with Crippen molar-refractivity contribution >= 4 is 21.6 Å². The molecule has 0 aliphatic carbocycles. The topological polar surface area (TPSA) is 97.2 Å². The zero-order chi connectivity index (χ0) is 22.7. The van der Waals surface area contributed by atoms with E-state index in [1.165, 1.54) is 36.4 Å². The maximum Gasteiger partial charge on any atom is 0.261 e. The number of aromatic nitrogens is 3. The maximum absolute atomic E-state index is 13.1. The summed E-state index contributed by atoms with van der Waals surface area (Å²) in [4.78, 5) is 14.7. The zero-order valence-electron chi connectivity index (χ0n) is 17.6. The van der Waals surface area contributed by atoms with Gasteiger partial charge in [0.25, 0.3) is 15.9 Å². The van der Waals surface area contributed by atoms with Gasteiger partial charge in [-0.15, -0.1) is 10.2 Å². The van der Waals surface area contributed by atoms with Crippen molar-refractivity contribution in [2.45, 2.75) is 37.1 Å². The smallest absolute Gasteiger partial charge is 0.261 e. The Kier molecular flexibility index (Phi) is 6.22. The van der Waals surface area contributed by atoms with Gasteiger partial charge in [0.1, 0.15) is 18.0 Å². The number of hydrogen-bond donors (Lipinski definition) is 1. The van der Waals surface area contributed by atoms with Crippen LogP contribution >= 0.6 is 0 Å². The molecule has 168 valence electrons. The molecular formula is C22H24FN5O3S. The van der Waals surface area contributed by atoms with E-state index in [2.05, 4.69) is 14.9 Å². The molecule has 0 atom stereocenters. The number of sulfonamides is 1. The molecule has 0 unspecified atom stereocenters. The average Bonchev–Trinajstić information content (AvgIpc) is 3.29. The molecule has 1 aliphatic heterocycles. The fourth-order valence-corrected chi connectivity index (χ4v) is 4.98. The molecule has 1 aliphatic rings. The van der Waals surface area contributed by atoms with Gasteiger partial charge in [-0.2, -0.15) is 0 Å². The van der Waals surface area contributed by atoms with Gasteiger partial charge < -0.3 is 9.47 Å². The lowest BCUT2D eigenvalue weighted by Crippen LogP contribution is -2.38. The summed E-state index contributed by atoms with van der Waals surface area (Å²) in [6.07, 6.45) is 3.27. The first kappa shape index (κ1) is 21.9. The molecule has 0 bridgehead atoms. The molecule has 0 saturated carbocycles.